The molecule has 1 amide bonds. The lowest BCUT2D eigenvalue weighted by Crippen LogP contribution is -2.43. The number of ether oxygens (including phenoxy) is 1. The van der Waals surface area contributed by atoms with Crippen LogP contribution in [0.15, 0.2) is 28.8 Å². The largest absolute Gasteiger partial charge is 0.381 e. The summed E-state index contributed by atoms with van der Waals surface area (Å²) in [5, 5.41) is 4.02. The van der Waals surface area contributed by atoms with Gasteiger partial charge in [0, 0.05) is 37.8 Å². The van der Waals surface area contributed by atoms with E-state index in [0.29, 0.717) is 37.0 Å². The molecule has 26 heavy (non-hydrogen) atoms. The van der Waals surface area contributed by atoms with Crippen molar-refractivity contribution in [2.24, 2.45) is 5.92 Å². The number of rotatable bonds is 3. The number of likely N-dealkylation sites (tertiary alicyclic amines) is 1. The van der Waals surface area contributed by atoms with Gasteiger partial charge in [-0.3, -0.25) is 4.79 Å². The molecule has 3 heterocycles. The lowest BCUT2D eigenvalue weighted by molar-refractivity contribution is -0.139. The number of benzene rings is 1. The first-order chi connectivity index (χ1) is 12.7. The molecule has 0 bridgehead atoms. The molecule has 2 aliphatic heterocycles. The Bertz CT molecular complexity index is 756. The minimum absolute atomic E-state index is 0.0502. The van der Waals surface area contributed by atoms with Crippen LogP contribution < -0.4 is 0 Å². The number of carbonyl (C=O) groups is 1. The summed E-state index contributed by atoms with van der Waals surface area (Å²) in [6, 6.07) is 6.01. The highest BCUT2D eigenvalue weighted by atomic mass is 19.1. The van der Waals surface area contributed by atoms with E-state index in [0.717, 1.165) is 32.2 Å². The summed E-state index contributed by atoms with van der Waals surface area (Å²) in [4.78, 5) is 19.2. The number of hydrogen-bond donors (Lipinski definition) is 0. The quantitative estimate of drug-likeness (QED) is 0.843. The molecule has 7 heteroatoms. The molecule has 1 aromatic heterocycles. The van der Waals surface area contributed by atoms with Crippen LogP contribution in [0.25, 0.3) is 11.4 Å². The van der Waals surface area contributed by atoms with Crippen molar-refractivity contribution in [3.8, 4) is 11.4 Å². The molecule has 0 aliphatic carbocycles. The van der Waals surface area contributed by atoms with E-state index in [4.69, 9.17) is 9.26 Å². The molecule has 2 saturated heterocycles. The van der Waals surface area contributed by atoms with Crippen molar-refractivity contribution < 1.29 is 18.4 Å². The van der Waals surface area contributed by atoms with Gasteiger partial charge in [-0.1, -0.05) is 5.16 Å². The van der Waals surface area contributed by atoms with Gasteiger partial charge in [-0.25, -0.2) is 4.39 Å². The van der Waals surface area contributed by atoms with E-state index >= 15 is 0 Å². The number of halogens is 1. The SMILES string of the molecule is O=C(C1CCOCC1)N1CCC[C@H](c2nc(-c3ccc(F)cc3)no2)C1. The van der Waals surface area contributed by atoms with E-state index < -0.39 is 0 Å². The average Bonchev–Trinajstić information content (AvgIpc) is 3.19. The molecule has 2 aliphatic rings. The van der Waals surface area contributed by atoms with Gasteiger partial charge in [0.05, 0.1) is 5.92 Å². The fraction of sp³-hybridized carbons (Fsp3) is 0.526. The lowest BCUT2D eigenvalue weighted by atomic mass is 9.94. The van der Waals surface area contributed by atoms with Crippen LogP contribution in [0.4, 0.5) is 4.39 Å². The maximum atomic E-state index is 13.1. The van der Waals surface area contributed by atoms with Gasteiger partial charge in [0.1, 0.15) is 5.82 Å². The van der Waals surface area contributed by atoms with Gasteiger partial charge in [0.25, 0.3) is 0 Å². The zero-order valence-electron chi connectivity index (χ0n) is 14.6. The Labute approximate surface area is 151 Å². The molecule has 4 rings (SSSR count). The standard InChI is InChI=1S/C19H22FN3O3/c20-16-5-3-13(4-6-16)17-21-18(26-22-17)15-2-1-9-23(12-15)19(24)14-7-10-25-11-8-14/h3-6,14-15H,1-2,7-12H2/t15-/m0/s1. The first kappa shape index (κ1) is 17.1. The number of piperidine rings is 1. The molecule has 1 atom stereocenters. The minimum Gasteiger partial charge on any atom is -0.381 e. The summed E-state index contributed by atoms with van der Waals surface area (Å²) in [5.74, 6) is 1.04. The Kier molecular flexibility index (Phi) is 4.97. The highest BCUT2D eigenvalue weighted by Gasteiger charge is 2.32. The summed E-state index contributed by atoms with van der Waals surface area (Å²) < 4.78 is 23.9. The highest BCUT2D eigenvalue weighted by Crippen LogP contribution is 2.29. The van der Waals surface area contributed by atoms with Crippen LogP contribution in [0.1, 0.15) is 37.5 Å². The summed E-state index contributed by atoms with van der Waals surface area (Å²) >= 11 is 0. The van der Waals surface area contributed by atoms with Crippen molar-refractivity contribution in [1.82, 2.24) is 15.0 Å². The second-order valence-electron chi connectivity index (χ2n) is 6.97. The molecule has 2 fully saturated rings. The molecule has 0 N–H and O–H groups in total. The van der Waals surface area contributed by atoms with Crippen LogP contribution in [0, 0.1) is 11.7 Å². The predicted molar refractivity (Wildman–Crippen MR) is 91.8 cm³/mol. The molecule has 0 unspecified atom stereocenters. The number of amides is 1. The van der Waals surface area contributed by atoms with E-state index in [1.54, 1.807) is 12.1 Å². The first-order valence-electron chi connectivity index (χ1n) is 9.17. The van der Waals surface area contributed by atoms with Crippen molar-refractivity contribution in [1.29, 1.82) is 0 Å². The smallest absolute Gasteiger partial charge is 0.231 e. The molecule has 0 radical (unpaired) electrons. The maximum absolute atomic E-state index is 13.1. The van der Waals surface area contributed by atoms with Crippen molar-refractivity contribution >= 4 is 5.91 Å². The number of carbonyl (C=O) groups excluding carboxylic acids is 1. The Morgan fingerprint density at radius 1 is 1.15 bits per heavy atom. The van der Waals surface area contributed by atoms with Gasteiger partial charge in [-0.15, -0.1) is 0 Å². The van der Waals surface area contributed by atoms with Gasteiger partial charge in [-0.05, 0) is 49.9 Å². The van der Waals surface area contributed by atoms with Crippen molar-refractivity contribution in [3.05, 3.63) is 36.0 Å². The Hall–Kier alpha value is -2.28. The summed E-state index contributed by atoms with van der Waals surface area (Å²) in [5.41, 5.74) is 0.715. The van der Waals surface area contributed by atoms with Crippen LogP contribution in [-0.4, -0.2) is 47.3 Å². The van der Waals surface area contributed by atoms with E-state index in [1.165, 1.54) is 12.1 Å². The minimum atomic E-state index is -0.299. The van der Waals surface area contributed by atoms with Crippen LogP contribution in [0.5, 0.6) is 0 Å². The maximum Gasteiger partial charge on any atom is 0.231 e. The normalized spacial score (nSPS) is 21.7. The van der Waals surface area contributed by atoms with Gasteiger partial charge in [-0.2, -0.15) is 4.98 Å². The summed E-state index contributed by atoms with van der Waals surface area (Å²) in [6.45, 7) is 2.73. The third-order valence-electron chi connectivity index (χ3n) is 5.20. The molecule has 6 nitrogen and oxygen atoms in total. The average molecular weight is 359 g/mol. The van der Waals surface area contributed by atoms with E-state index in [2.05, 4.69) is 10.1 Å². The van der Waals surface area contributed by atoms with Gasteiger partial charge in [0.2, 0.25) is 17.6 Å². The molecule has 0 spiro atoms. The Morgan fingerprint density at radius 3 is 2.69 bits per heavy atom. The molecular weight excluding hydrogens is 337 g/mol. The topological polar surface area (TPSA) is 68.5 Å². The van der Waals surface area contributed by atoms with Crippen molar-refractivity contribution in [3.63, 3.8) is 0 Å². The zero-order chi connectivity index (χ0) is 17.9. The van der Waals surface area contributed by atoms with Crippen LogP contribution in [0.2, 0.25) is 0 Å². The van der Waals surface area contributed by atoms with Crippen molar-refractivity contribution in [2.45, 2.75) is 31.6 Å². The Morgan fingerprint density at radius 2 is 1.92 bits per heavy atom. The molecule has 138 valence electrons. The van der Waals surface area contributed by atoms with Gasteiger partial charge < -0.3 is 14.2 Å². The third kappa shape index (κ3) is 3.62. The van der Waals surface area contributed by atoms with E-state index in [-0.39, 0.29) is 23.6 Å². The summed E-state index contributed by atoms with van der Waals surface area (Å²) in [7, 11) is 0. The Balaban J connectivity index is 1.44. The second-order valence-corrected chi connectivity index (χ2v) is 6.97. The fourth-order valence-corrected chi connectivity index (χ4v) is 3.70. The zero-order valence-corrected chi connectivity index (χ0v) is 14.6. The molecular formula is C19H22FN3O3. The highest BCUT2D eigenvalue weighted by molar-refractivity contribution is 5.79. The first-order valence-corrected chi connectivity index (χ1v) is 9.17. The third-order valence-corrected chi connectivity index (χ3v) is 5.20. The molecule has 1 aromatic carbocycles. The number of hydrogen-bond acceptors (Lipinski definition) is 5. The molecule has 2 aromatic rings. The summed E-state index contributed by atoms with van der Waals surface area (Å²) in [6.07, 6.45) is 3.45. The monoisotopic (exact) mass is 359 g/mol. The number of nitrogens with zero attached hydrogens (tertiary/aromatic N) is 3. The molecule has 0 saturated carbocycles. The van der Waals surface area contributed by atoms with Crippen LogP contribution >= 0.6 is 0 Å². The van der Waals surface area contributed by atoms with Crippen LogP contribution in [0.3, 0.4) is 0 Å². The van der Waals surface area contributed by atoms with Crippen molar-refractivity contribution in [2.75, 3.05) is 26.3 Å². The number of aromatic nitrogens is 2. The van der Waals surface area contributed by atoms with E-state index in [9.17, 15) is 9.18 Å². The van der Waals surface area contributed by atoms with E-state index in [1.807, 2.05) is 4.90 Å². The lowest BCUT2D eigenvalue weighted by Gasteiger charge is -2.34. The van der Waals surface area contributed by atoms with Gasteiger partial charge in [0.15, 0.2) is 0 Å². The predicted octanol–water partition coefficient (Wildman–Crippen LogP) is 3.01. The van der Waals surface area contributed by atoms with Crippen LogP contribution in [-0.2, 0) is 9.53 Å². The van der Waals surface area contributed by atoms with Gasteiger partial charge >= 0.3 is 0 Å². The fourth-order valence-electron chi connectivity index (χ4n) is 3.70. The second kappa shape index (κ2) is 7.53.